The van der Waals surface area contributed by atoms with Crippen molar-refractivity contribution in [3.05, 3.63) is 35.4 Å². The van der Waals surface area contributed by atoms with Gasteiger partial charge in [0.1, 0.15) is 0 Å². The van der Waals surface area contributed by atoms with Gasteiger partial charge in [0, 0.05) is 25.1 Å². The summed E-state index contributed by atoms with van der Waals surface area (Å²) in [5.74, 6) is -0.0384. The summed E-state index contributed by atoms with van der Waals surface area (Å²) in [5.41, 5.74) is 0.123. The van der Waals surface area contributed by atoms with E-state index in [1.165, 1.54) is 0 Å². The van der Waals surface area contributed by atoms with Crippen LogP contribution in [0.25, 0.3) is 0 Å². The number of carbonyl (C=O) groups is 1. The summed E-state index contributed by atoms with van der Waals surface area (Å²) >= 11 is 0. The molecule has 1 unspecified atom stereocenters. The van der Waals surface area contributed by atoms with Crippen LogP contribution in [0.4, 0.5) is 0 Å². The Morgan fingerprint density at radius 3 is 2.79 bits per heavy atom. The van der Waals surface area contributed by atoms with Gasteiger partial charge >= 0.3 is 0 Å². The van der Waals surface area contributed by atoms with Gasteiger partial charge in [0.2, 0.25) is 0 Å². The zero-order valence-corrected chi connectivity index (χ0v) is 14.1. The van der Waals surface area contributed by atoms with Gasteiger partial charge in [0.15, 0.2) is 0 Å². The number of rotatable bonds is 2. The van der Waals surface area contributed by atoms with Crippen molar-refractivity contribution in [3.8, 4) is 6.07 Å². The maximum Gasteiger partial charge on any atom is 0.253 e. The van der Waals surface area contributed by atoms with Crippen LogP contribution in [0.3, 0.4) is 0 Å². The van der Waals surface area contributed by atoms with Gasteiger partial charge in [-0.25, -0.2) is 0 Å². The maximum absolute atomic E-state index is 12.6. The average molecular weight is 328 g/mol. The molecular formula is C19H24N2O3. The van der Waals surface area contributed by atoms with E-state index in [4.69, 9.17) is 10.00 Å². The Morgan fingerprint density at radius 1 is 1.38 bits per heavy atom. The molecule has 1 aromatic carbocycles. The monoisotopic (exact) mass is 328 g/mol. The van der Waals surface area contributed by atoms with Gasteiger partial charge in [-0.2, -0.15) is 5.26 Å². The van der Waals surface area contributed by atoms with Gasteiger partial charge in [-0.1, -0.05) is 13.0 Å². The summed E-state index contributed by atoms with van der Waals surface area (Å²) in [7, 11) is 0. The van der Waals surface area contributed by atoms with Crippen molar-refractivity contribution >= 4 is 5.91 Å². The molecule has 0 aromatic heterocycles. The lowest BCUT2D eigenvalue weighted by atomic mass is 9.76. The summed E-state index contributed by atoms with van der Waals surface area (Å²) in [6, 6.07) is 8.89. The smallest absolute Gasteiger partial charge is 0.253 e. The van der Waals surface area contributed by atoms with E-state index in [0.29, 0.717) is 43.7 Å². The number of benzene rings is 1. The Labute approximate surface area is 142 Å². The Bertz CT molecular complexity index is 659. The highest BCUT2D eigenvalue weighted by atomic mass is 16.5. The van der Waals surface area contributed by atoms with E-state index in [1.54, 1.807) is 24.3 Å². The Balaban J connectivity index is 1.66. The van der Waals surface area contributed by atoms with Crippen molar-refractivity contribution in [2.45, 2.75) is 50.2 Å². The molecule has 0 saturated carbocycles. The highest BCUT2D eigenvalue weighted by Gasteiger charge is 2.46. The molecule has 2 saturated heterocycles. The zero-order valence-electron chi connectivity index (χ0n) is 14.1. The van der Waals surface area contributed by atoms with Crippen LogP contribution < -0.4 is 0 Å². The number of carbonyl (C=O) groups excluding carboxylic acids is 1. The molecule has 0 aliphatic carbocycles. The first kappa shape index (κ1) is 16.9. The van der Waals surface area contributed by atoms with Crippen molar-refractivity contribution in [1.82, 2.24) is 4.90 Å². The summed E-state index contributed by atoms with van der Waals surface area (Å²) < 4.78 is 6.03. The molecule has 1 aromatic rings. The minimum Gasteiger partial charge on any atom is -0.390 e. The van der Waals surface area contributed by atoms with E-state index in [-0.39, 0.29) is 11.5 Å². The number of amides is 1. The van der Waals surface area contributed by atoms with E-state index in [1.807, 2.05) is 11.8 Å². The molecule has 5 heteroatoms. The first-order valence-electron chi connectivity index (χ1n) is 8.65. The van der Waals surface area contributed by atoms with E-state index >= 15 is 0 Å². The van der Waals surface area contributed by atoms with Gasteiger partial charge in [-0.3, -0.25) is 4.79 Å². The molecule has 1 spiro atoms. The van der Waals surface area contributed by atoms with E-state index in [2.05, 4.69) is 6.07 Å². The molecule has 5 nitrogen and oxygen atoms in total. The molecule has 2 aliphatic heterocycles. The first-order chi connectivity index (χ1) is 11.5. The third kappa shape index (κ3) is 3.31. The van der Waals surface area contributed by atoms with Crippen LogP contribution in [-0.4, -0.2) is 46.8 Å². The molecule has 3 rings (SSSR count). The van der Waals surface area contributed by atoms with Crippen LogP contribution in [0, 0.1) is 11.3 Å². The molecule has 1 N–H and O–H groups in total. The summed E-state index contributed by atoms with van der Waals surface area (Å²) in [6.45, 7) is 3.84. The minimum absolute atomic E-state index is 0.0384. The highest BCUT2D eigenvalue weighted by Crippen LogP contribution is 2.41. The molecule has 2 aliphatic rings. The molecule has 0 radical (unpaired) electrons. The third-order valence-corrected chi connectivity index (χ3v) is 5.49. The minimum atomic E-state index is -0.633. The van der Waals surface area contributed by atoms with E-state index < -0.39 is 5.60 Å². The fourth-order valence-electron chi connectivity index (χ4n) is 3.84. The fourth-order valence-corrected chi connectivity index (χ4v) is 3.84. The predicted molar refractivity (Wildman–Crippen MR) is 89.5 cm³/mol. The van der Waals surface area contributed by atoms with Crippen LogP contribution >= 0.6 is 0 Å². The predicted octanol–water partition coefficient (Wildman–Crippen LogP) is 2.48. The topological polar surface area (TPSA) is 73.6 Å². The lowest BCUT2D eigenvalue weighted by molar-refractivity contribution is -0.176. The quantitative estimate of drug-likeness (QED) is 0.905. The number of likely N-dealkylation sites (tertiary alicyclic amines) is 1. The number of nitriles is 1. The van der Waals surface area contributed by atoms with Crippen LogP contribution in [0.15, 0.2) is 24.3 Å². The lowest BCUT2D eigenvalue weighted by Crippen LogP contribution is -2.55. The number of aliphatic hydroxyl groups is 1. The Kier molecular flexibility index (Phi) is 4.62. The number of hydrogen-bond acceptors (Lipinski definition) is 4. The van der Waals surface area contributed by atoms with Crippen LogP contribution in [0.5, 0.6) is 0 Å². The molecule has 1 atom stereocenters. The molecule has 128 valence electrons. The van der Waals surface area contributed by atoms with Gasteiger partial charge < -0.3 is 14.7 Å². The SMILES string of the molecule is CCC1(O)CCOC2(CCN(C(=O)c3cccc(C#N)c3)CC2)C1. The van der Waals surface area contributed by atoms with Crippen molar-refractivity contribution in [2.24, 2.45) is 0 Å². The lowest BCUT2D eigenvalue weighted by Gasteiger charge is -2.49. The highest BCUT2D eigenvalue weighted by molar-refractivity contribution is 5.94. The molecule has 0 bridgehead atoms. The largest absolute Gasteiger partial charge is 0.390 e. The molecule has 24 heavy (non-hydrogen) atoms. The molecule has 1 amide bonds. The third-order valence-electron chi connectivity index (χ3n) is 5.49. The number of hydrogen-bond donors (Lipinski definition) is 1. The summed E-state index contributed by atoms with van der Waals surface area (Å²) in [5, 5.41) is 19.6. The summed E-state index contributed by atoms with van der Waals surface area (Å²) in [4.78, 5) is 14.5. The fraction of sp³-hybridized carbons (Fsp3) is 0.579. The van der Waals surface area contributed by atoms with E-state index in [9.17, 15) is 9.90 Å². The number of piperidine rings is 1. The zero-order chi connectivity index (χ0) is 17.2. The first-order valence-corrected chi connectivity index (χ1v) is 8.65. The second-order valence-corrected chi connectivity index (χ2v) is 7.02. The standard InChI is InChI=1S/C19H24N2O3/c1-2-18(23)8-11-24-19(14-18)6-9-21(10-7-19)17(22)16-5-3-4-15(12-16)13-20/h3-5,12,23H,2,6-11,14H2,1H3. The van der Waals surface area contributed by atoms with Gasteiger partial charge in [-0.05, 0) is 43.9 Å². The van der Waals surface area contributed by atoms with Crippen molar-refractivity contribution in [2.75, 3.05) is 19.7 Å². The second-order valence-electron chi connectivity index (χ2n) is 7.02. The van der Waals surface area contributed by atoms with Gasteiger partial charge in [0.25, 0.3) is 5.91 Å². The van der Waals surface area contributed by atoms with Crippen LogP contribution in [-0.2, 0) is 4.74 Å². The molecule has 2 fully saturated rings. The van der Waals surface area contributed by atoms with Crippen molar-refractivity contribution < 1.29 is 14.6 Å². The van der Waals surface area contributed by atoms with E-state index in [0.717, 1.165) is 19.3 Å². The van der Waals surface area contributed by atoms with Crippen LogP contribution in [0.1, 0.15) is 54.9 Å². The maximum atomic E-state index is 12.6. The van der Waals surface area contributed by atoms with Gasteiger partial charge in [0.05, 0.1) is 29.4 Å². The Hall–Kier alpha value is -1.90. The Morgan fingerprint density at radius 2 is 2.12 bits per heavy atom. The molecular weight excluding hydrogens is 304 g/mol. The number of nitrogens with zero attached hydrogens (tertiary/aromatic N) is 2. The molecule has 2 heterocycles. The van der Waals surface area contributed by atoms with Crippen LogP contribution in [0.2, 0.25) is 0 Å². The summed E-state index contributed by atoms with van der Waals surface area (Å²) in [6.07, 6.45) is 3.58. The average Bonchev–Trinajstić information content (AvgIpc) is 2.62. The van der Waals surface area contributed by atoms with Gasteiger partial charge in [-0.15, -0.1) is 0 Å². The number of ether oxygens (including phenoxy) is 1. The second kappa shape index (κ2) is 6.54. The normalized spacial score (nSPS) is 26.1. The van der Waals surface area contributed by atoms with Crippen molar-refractivity contribution in [1.29, 1.82) is 5.26 Å². The van der Waals surface area contributed by atoms with Crippen molar-refractivity contribution in [3.63, 3.8) is 0 Å².